The van der Waals surface area contributed by atoms with Crippen LogP contribution in [0.25, 0.3) is 0 Å². The van der Waals surface area contributed by atoms with Crippen LogP contribution in [0.2, 0.25) is 0 Å². The van der Waals surface area contributed by atoms with Crippen molar-refractivity contribution in [2.75, 3.05) is 11.5 Å². The first-order valence-corrected chi connectivity index (χ1v) is 6.80. The highest BCUT2D eigenvalue weighted by Crippen LogP contribution is 2.50. The van der Waals surface area contributed by atoms with Gasteiger partial charge in [0.05, 0.1) is 5.60 Å². The summed E-state index contributed by atoms with van der Waals surface area (Å²) in [4.78, 5) is 11.5. The Kier molecular flexibility index (Phi) is 2.99. The van der Waals surface area contributed by atoms with Crippen LogP contribution in [-0.2, 0) is 4.79 Å². The number of aliphatic hydroxyl groups is 1. The summed E-state index contributed by atoms with van der Waals surface area (Å²) in [5.74, 6) is 0.657. The molecule has 1 aliphatic carbocycles. The number of hydrogen-bond acceptors (Lipinski definition) is 3. The Balaban J connectivity index is 2.26. The minimum atomic E-state index is -0.944. The van der Waals surface area contributed by atoms with Gasteiger partial charge in [0.15, 0.2) is 0 Å². The van der Waals surface area contributed by atoms with E-state index in [4.69, 9.17) is 0 Å². The fourth-order valence-electron chi connectivity index (χ4n) is 2.91. The maximum Gasteiger partial charge on any atom is 0.313 e. The van der Waals surface area contributed by atoms with Crippen molar-refractivity contribution >= 4 is 17.7 Å². The maximum absolute atomic E-state index is 11.5. The molecule has 4 heteroatoms. The van der Waals surface area contributed by atoms with Crippen molar-refractivity contribution in [3.05, 3.63) is 0 Å². The molecule has 0 amide bonds. The predicted molar refractivity (Wildman–Crippen MR) is 60.0 cm³/mol. The highest BCUT2D eigenvalue weighted by Gasteiger charge is 2.57. The van der Waals surface area contributed by atoms with Crippen LogP contribution >= 0.6 is 11.8 Å². The second-order valence-corrected chi connectivity index (χ2v) is 5.89. The number of carboxylic acids is 1. The van der Waals surface area contributed by atoms with E-state index in [0.717, 1.165) is 25.0 Å². The Hall–Kier alpha value is -0.220. The van der Waals surface area contributed by atoms with E-state index >= 15 is 0 Å². The van der Waals surface area contributed by atoms with E-state index in [9.17, 15) is 15.0 Å². The summed E-state index contributed by atoms with van der Waals surface area (Å²) >= 11 is 1.66. The number of thioether (sulfide) groups is 1. The van der Waals surface area contributed by atoms with Gasteiger partial charge in [0.2, 0.25) is 0 Å². The van der Waals surface area contributed by atoms with Crippen LogP contribution in [0.1, 0.15) is 38.5 Å². The molecule has 2 fully saturated rings. The van der Waals surface area contributed by atoms with Crippen molar-refractivity contribution in [2.45, 2.75) is 44.1 Å². The van der Waals surface area contributed by atoms with E-state index in [2.05, 4.69) is 0 Å². The lowest BCUT2D eigenvalue weighted by atomic mass is 9.64. The molecule has 2 N–H and O–H groups in total. The number of hydrogen-bond donors (Lipinski definition) is 2. The zero-order chi connectivity index (χ0) is 10.9. The van der Waals surface area contributed by atoms with Crippen molar-refractivity contribution < 1.29 is 15.0 Å². The monoisotopic (exact) mass is 230 g/mol. The third kappa shape index (κ3) is 1.68. The van der Waals surface area contributed by atoms with Crippen molar-refractivity contribution in [1.29, 1.82) is 0 Å². The first-order chi connectivity index (χ1) is 7.11. The fourth-order valence-corrected chi connectivity index (χ4v) is 4.44. The van der Waals surface area contributed by atoms with E-state index in [1.807, 2.05) is 0 Å². The molecule has 2 aliphatic rings. The molecule has 1 heterocycles. The van der Waals surface area contributed by atoms with Crippen molar-refractivity contribution in [3.63, 3.8) is 0 Å². The third-order valence-electron chi connectivity index (χ3n) is 4.00. The first-order valence-electron chi connectivity index (χ1n) is 5.64. The number of carboxylic acid groups (broad SMARTS) is 1. The van der Waals surface area contributed by atoms with Gasteiger partial charge in [-0.25, -0.2) is 0 Å². The third-order valence-corrected chi connectivity index (χ3v) is 5.19. The minimum absolute atomic E-state index is 0.582. The molecule has 1 unspecified atom stereocenters. The summed E-state index contributed by atoms with van der Waals surface area (Å²) in [5, 5.41) is 20.0. The average molecular weight is 230 g/mol. The summed E-state index contributed by atoms with van der Waals surface area (Å²) in [6, 6.07) is 0. The second-order valence-electron chi connectivity index (χ2n) is 4.78. The SMILES string of the molecule is O=C(O)C1(C2(O)CCCCC2)CCSC1. The summed E-state index contributed by atoms with van der Waals surface area (Å²) in [6.45, 7) is 0. The largest absolute Gasteiger partial charge is 0.481 e. The van der Waals surface area contributed by atoms with Gasteiger partial charge >= 0.3 is 5.97 Å². The molecule has 0 aromatic carbocycles. The van der Waals surface area contributed by atoms with Gasteiger partial charge in [-0.1, -0.05) is 19.3 Å². The van der Waals surface area contributed by atoms with E-state index in [1.165, 1.54) is 0 Å². The molecule has 3 nitrogen and oxygen atoms in total. The van der Waals surface area contributed by atoms with Gasteiger partial charge in [0, 0.05) is 5.75 Å². The Morgan fingerprint density at radius 2 is 1.80 bits per heavy atom. The van der Waals surface area contributed by atoms with Gasteiger partial charge in [-0.3, -0.25) is 4.79 Å². The topological polar surface area (TPSA) is 57.5 Å². The summed E-state index contributed by atoms with van der Waals surface area (Å²) in [5.41, 5.74) is -1.81. The van der Waals surface area contributed by atoms with Gasteiger partial charge in [0.1, 0.15) is 5.41 Å². The smallest absolute Gasteiger partial charge is 0.313 e. The summed E-state index contributed by atoms with van der Waals surface area (Å²) in [6.07, 6.45) is 5.03. The molecule has 0 aromatic heterocycles. The molecule has 86 valence electrons. The fraction of sp³-hybridized carbons (Fsp3) is 0.909. The molecule has 15 heavy (non-hydrogen) atoms. The highest BCUT2D eigenvalue weighted by atomic mass is 32.2. The van der Waals surface area contributed by atoms with E-state index < -0.39 is 17.0 Å². The standard InChI is InChI=1S/C11H18O3S/c12-9(13)10(6-7-15-8-10)11(14)4-2-1-3-5-11/h14H,1-8H2,(H,12,13). The molecule has 1 saturated heterocycles. The molecular formula is C11H18O3S. The van der Waals surface area contributed by atoms with E-state index in [-0.39, 0.29) is 0 Å². The molecule has 1 saturated carbocycles. The predicted octanol–water partition coefficient (Wildman–Crippen LogP) is 1.89. The minimum Gasteiger partial charge on any atom is -0.481 e. The van der Waals surface area contributed by atoms with Crippen LogP contribution in [0.4, 0.5) is 0 Å². The Labute approximate surface area is 94.3 Å². The molecular weight excluding hydrogens is 212 g/mol. The van der Waals surface area contributed by atoms with Crippen LogP contribution in [0.3, 0.4) is 0 Å². The Bertz CT molecular complexity index is 253. The van der Waals surface area contributed by atoms with Crippen molar-refractivity contribution in [2.24, 2.45) is 5.41 Å². The lowest BCUT2D eigenvalue weighted by molar-refractivity contribution is -0.170. The highest BCUT2D eigenvalue weighted by molar-refractivity contribution is 7.99. The van der Waals surface area contributed by atoms with Crippen LogP contribution in [0.5, 0.6) is 0 Å². The summed E-state index contributed by atoms with van der Waals surface area (Å²) < 4.78 is 0. The molecule has 0 aromatic rings. The summed E-state index contributed by atoms with van der Waals surface area (Å²) in [7, 11) is 0. The van der Waals surface area contributed by atoms with Crippen molar-refractivity contribution in [1.82, 2.24) is 0 Å². The van der Waals surface area contributed by atoms with Crippen LogP contribution in [0.15, 0.2) is 0 Å². The quantitative estimate of drug-likeness (QED) is 0.760. The lowest BCUT2D eigenvalue weighted by Gasteiger charge is -2.44. The van der Waals surface area contributed by atoms with Crippen LogP contribution in [-0.4, -0.2) is 33.3 Å². The number of rotatable bonds is 2. The maximum atomic E-state index is 11.5. The zero-order valence-electron chi connectivity index (χ0n) is 8.87. The van der Waals surface area contributed by atoms with Gasteiger partial charge in [0.25, 0.3) is 0 Å². The Morgan fingerprint density at radius 3 is 2.27 bits per heavy atom. The van der Waals surface area contributed by atoms with Gasteiger partial charge < -0.3 is 10.2 Å². The number of carbonyl (C=O) groups is 1. The molecule has 0 radical (unpaired) electrons. The molecule has 0 spiro atoms. The lowest BCUT2D eigenvalue weighted by Crippen LogP contribution is -2.54. The van der Waals surface area contributed by atoms with Gasteiger partial charge in [-0.05, 0) is 25.0 Å². The molecule has 2 rings (SSSR count). The van der Waals surface area contributed by atoms with E-state index in [1.54, 1.807) is 11.8 Å². The van der Waals surface area contributed by atoms with Crippen LogP contribution in [0, 0.1) is 5.41 Å². The zero-order valence-corrected chi connectivity index (χ0v) is 9.68. The first kappa shape index (κ1) is 11.3. The van der Waals surface area contributed by atoms with Crippen LogP contribution < -0.4 is 0 Å². The number of aliphatic carboxylic acids is 1. The normalized spacial score (nSPS) is 35.3. The van der Waals surface area contributed by atoms with Gasteiger partial charge in [-0.15, -0.1) is 0 Å². The Morgan fingerprint density at radius 1 is 1.13 bits per heavy atom. The second kappa shape index (κ2) is 3.98. The molecule has 1 aliphatic heterocycles. The molecule has 1 atom stereocenters. The van der Waals surface area contributed by atoms with Crippen molar-refractivity contribution in [3.8, 4) is 0 Å². The average Bonchev–Trinajstić information content (AvgIpc) is 2.69. The molecule has 0 bridgehead atoms. The van der Waals surface area contributed by atoms with Gasteiger partial charge in [-0.2, -0.15) is 11.8 Å². The van der Waals surface area contributed by atoms with E-state index in [0.29, 0.717) is 25.0 Å².